The lowest BCUT2D eigenvalue weighted by molar-refractivity contribution is -0.127. The van der Waals surface area contributed by atoms with E-state index in [-0.39, 0.29) is 11.8 Å². The zero-order valence-corrected chi connectivity index (χ0v) is 13.6. The molecule has 3 rings (SSSR count). The van der Waals surface area contributed by atoms with E-state index in [9.17, 15) is 9.59 Å². The smallest absolute Gasteiger partial charge is 0.240 e. The van der Waals surface area contributed by atoms with Crippen LogP contribution < -0.4 is 9.64 Å². The number of amides is 2. The summed E-state index contributed by atoms with van der Waals surface area (Å²) in [5.41, 5.74) is 0.129. The van der Waals surface area contributed by atoms with E-state index < -0.39 is 5.41 Å². The van der Waals surface area contributed by atoms with Gasteiger partial charge in [0.15, 0.2) is 0 Å². The van der Waals surface area contributed by atoms with Crippen LogP contribution >= 0.6 is 15.9 Å². The first-order chi connectivity index (χ1) is 10.1. The lowest BCUT2D eigenvalue weighted by Gasteiger charge is -2.30. The molecule has 2 aliphatic rings. The first-order valence-electron chi connectivity index (χ1n) is 7.28. The largest absolute Gasteiger partial charge is 0.497 e. The van der Waals surface area contributed by atoms with Crippen LogP contribution in [0.4, 0.5) is 5.69 Å². The molecule has 2 amide bonds. The number of benzene rings is 1. The first kappa shape index (κ1) is 14.6. The highest BCUT2D eigenvalue weighted by Crippen LogP contribution is 2.47. The van der Waals surface area contributed by atoms with Crippen molar-refractivity contribution in [1.29, 1.82) is 0 Å². The molecule has 1 saturated heterocycles. The molecule has 1 aromatic rings. The Morgan fingerprint density at radius 2 is 1.90 bits per heavy atom. The van der Waals surface area contributed by atoms with E-state index in [1.165, 1.54) is 4.90 Å². The quantitative estimate of drug-likeness (QED) is 0.763. The fourth-order valence-corrected chi connectivity index (χ4v) is 3.87. The molecule has 0 unspecified atom stereocenters. The maximum absolute atomic E-state index is 12.9. The summed E-state index contributed by atoms with van der Waals surface area (Å²) in [7, 11) is 1.57. The van der Waals surface area contributed by atoms with Gasteiger partial charge in [0.25, 0.3) is 0 Å². The molecule has 2 fully saturated rings. The number of carbonyl (C=O) groups is 2. The van der Waals surface area contributed by atoms with Crippen LogP contribution in [-0.4, -0.2) is 18.9 Å². The maximum atomic E-state index is 12.9. The molecule has 0 atom stereocenters. The van der Waals surface area contributed by atoms with Crippen molar-refractivity contribution in [2.75, 3.05) is 12.0 Å². The third-order valence-corrected chi connectivity index (χ3v) is 5.27. The van der Waals surface area contributed by atoms with E-state index in [0.717, 1.165) is 36.6 Å². The van der Waals surface area contributed by atoms with Crippen molar-refractivity contribution >= 4 is 33.4 Å². The fourth-order valence-electron chi connectivity index (χ4n) is 3.45. The minimum atomic E-state index is -0.460. The molecular weight excluding hydrogens is 334 g/mol. The Morgan fingerprint density at radius 3 is 2.57 bits per heavy atom. The molecule has 1 aromatic carbocycles. The van der Waals surface area contributed by atoms with E-state index in [2.05, 4.69) is 15.9 Å². The number of nitrogens with zero attached hydrogens (tertiary/aromatic N) is 1. The standard InChI is InChI=1S/C16H18BrNO3/c1-21-11-5-6-12(17)13(9-11)18-14(19)10-16(15(18)20)7-3-2-4-8-16/h5-6,9H,2-4,7-8,10H2,1H3. The number of hydrogen-bond acceptors (Lipinski definition) is 3. The number of halogens is 1. The second-order valence-electron chi connectivity index (χ2n) is 5.87. The summed E-state index contributed by atoms with van der Waals surface area (Å²) in [5, 5.41) is 0. The molecule has 4 nitrogen and oxygen atoms in total. The topological polar surface area (TPSA) is 46.6 Å². The SMILES string of the molecule is COc1ccc(Br)c(N2C(=O)CC3(CCCCC3)C2=O)c1. The van der Waals surface area contributed by atoms with E-state index in [0.29, 0.717) is 17.9 Å². The third kappa shape index (κ3) is 2.37. The Labute approximate surface area is 132 Å². The van der Waals surface area contributed by atoms with Gasteiger partial charge in [-0.1, -0.05) is 19.3 Å². The van der Waals surface area contributed by atoms with Crippen LogP contribution in [0.1, 0.15) is 38.5 Å². The number of ether oxygens (including phenoxy) is 1. The number of hydrogen-bond donors (Lipinski definition) is 0. The second-order valence-corrected chi connectivity index (χ2v) is 6.72. The minimum Gasteiger partial charge on any atom is -0.497 e. The summed E-state index contributed by atoms with van der Waals surface area (Å²) < 4.78 is 5.94. The van der Waals surface area contributed by atoms with Crippen LogP contribution in [0.3, 0.4) is 0 Å². The summed E-state index contributed by atoms with van der Waals surface area (Å²) in [6.45, 7) is 0. The fraction of sp³-hybridized carbons (Fsp3) is 0.500. The lowest BCUT2D eigenvalue weighted by atomic mass is 9.73. The monoisotopic (exact) mass is 351 g/mol. The predicted molar refractivity (Wildman–Crippen MR) is 83.3 cm³/mol. The molecule has 1 saturated carbocycles. The Morgan fingerprint density at radius 1 is 1.19 bits per heavy atom. The van der Waals surface area contributed by atoms with Crippen LogP contribution in [0.5, 0.6) is 5.75 Å². The molecule has 5 heteroatoms. The van der Waals surface area contributed by atoms with Gasteiger partial charge in [0.1, 0.15) is 5.75 Å². The third-order valence-electron chi connectivity index (χ3n) is 4.60. The van der Waals surface area contributed by atoms with E-state index >= 15 is 0 Å². The average molecular weight is 352 g/mol. The molecule has 0 N–H and O–H groups in total. The van der Waals surface area contributed by atoms with Gasteiger partial charge in [-0.05, 0) is 40.9 Å². The highest BCUT2D eigenvalue weighted by molar-refractivity contribution is 9.10. The molecular formula is C16H18BrNO3. The summed E-state index contributed by atoms with van der Waals surface area (Å²) in [6, 6.07) is 5.34. The minimum absolute atomic E-state index is 0.0406. The molecule has 0 aromatic heterocycles. The van der Waals surface area contributed by atoms with Gasteiger partial charge in [-0.2, -0.15) is 0 Å². The summed E-state index contributed by atoms with van der Waals surface area (Å²) in [5.74, 6) is 0.496. The highest BCUT2D eigenvalue weighted by Gasteiger charge is 2.52. The number of anilines is 1. The Balaban J connectivity index is 1.99. The number of methoxy groups -OCH3 is 1. The van der Waals surface area contributed by atoms with Crippen molar-refractivity contribution in [1.82, 2.24) is 0 Å². The van der Waals surface area contributed by atoms with Gasteiger partial charge in [-0.25, -0.2) is 4.90 Å². The van der Waals surface area contributed by atoms with Gasteiger partial charge in [-0.15, -0.1) is 0 Å². The number of carbonyl (C=O) groups excluding carboxylic acids is 2. The van der Waals surface area contributed by atoms with Crippen molar-refractivity contribution in [3.63, 3.8) is 0 Å². The van der Waals surface area contributed by atoms with Crippen LogP contribution in [-0.2, 0) is 9.59 Å². The van der Waals surface area contributed by atoms with Crippen LogP contribution in [0.15, 0.2) is 22.7 Å². The predicted octanol–water partition coefficient (Wildman–Crippen LogP) is 3.67. The van der Waals surface area contributed by atoms with Gasteiger partial charge in [0.2, 0.25) is 11.8 Å². The molecule has 1 aliphatic carbocycles. The van der Waals surface area contributed by atoms with Gasteiger partial charge in [0.05, 0.1) is 18.2 Å². The molecule has 1 heterocycles. The number of rotatable bonds is 2. The van der Waals surface area contributed by atoms with Gasteiger partial charge in [0, 0.05) is 17.0 Å². The normalized spacial score (nSPS) is 21.1. The maximum Gasteiger partial charge on any atom is 0.240 e. The van der Waals surface area contributed by atoms with Gasteiger partial charge >= 0.3 is 0 Å². The Hall–Kier alpha value is -1.36. The molecule has 1 aliphatic heterocycles. The second kappa shape index (κ2) is 5.44. The van der Waals surface area contributed by atoms with Crippen molar-refractivity contribution in [3.05, 3.63) is 22.7 Å². The van der Waals surface area contributed by atoms with E-state index in [1.807, 2.05) is 0 Å². The molecule has 21 heavy (non-hydrogen) atoms. The highest BCUT2D eigenvalue weighted by atomic mass is 79.9. The van der Waals surface area contributed by atoms with Crippen molar-refractivity contribution in [3.8, 4) is 5.75 Å². The van der Waals surface area contributed by atoms with Gasteiger partial charge in [-0.3, -0.25) is 9.59 Å². The van der Waals surface area contributed by atoms with Crippen molar-refractivity contribution < 1.29 is 14.3 Å². The molecule has 0 bridgehead atoms. The van der Waals surface area contributed by atoms with Crippen LogP contribution in [0.2, 0.25) is 0 Å². The molecule has 112 valence electrons. The zero-order chi connectivity index (χ0) is 15.0. The van der Waals surface area contributed by atoms with Crippen molar-refractivity contribution in [2.45, 2.75) is 38.5 Å². The first-order valence-corrected chi connectivity index (χ1v) is 8.08. The average Bonchev–Trinajstić information content (AvgIpc) is 2.72. The number of imide groups is 1. The Bertz CT molecular complexity index is 593. The van der Waals surface area contributed by atoms with Crippen LogP contribution in [0, 0.1) is 5.41 Å². The van der Waals surface area contributed by atoms with E-state index in [4.69, 9.17) is 4.74 Å². The molecule has 1 spiro atoms. The van der Waals surface area contributed by atoms with Gasteiger partial charge < -0.3 is 4.74 Å². The molecule has 0 radical (unpaired) electrons. The van der Waals surface area contributed by atoms with E-state index in [1.54, 1.807) is 25.3 Å². The summed E-state index contributed by atoms with van der Waals surface area (Å²) in [6.07, 6.45) is 5.23. The van der Waals surface area contributed by atoms with Crippen LogP contribution in [0.25, 0.3) is 0 Å². The summed E-state index contributed by atoms with van der Waals surface area (Å²) >= 11 is 3.44. The lowest BCUT2D eigenvalue weighted by Crippen LogP contribution is -2.37. The Kier molecular flexibility index (Phi) is 3.78. The zero-order valence-electron chi connectivity index (χ0n) is 12.0. The van der Waals surface area contributed by atoms with Crippen molar-refractivity contribution in [2.24, 2.45) is 5.41 Å². The summed E-state index contributed by atoms with van der Waals surface area (Å²) in [4.78, 5) is 26.7.